The second-order valence-corrected chi connectivity index (χ2v) is 8.78. The third-order valence-electron chi connectivity index (χ3n) is 6.33. The Labute approximate surface area is 191 Å². The second-order valence-electron chi connectivity index (χ2n) is 8.78. The van der Waals surface area contributed by atoms with Gasteiger partial charge >= 0.3 is 0 Å². The van der Waals surface area contributed by atoms with Crippen LogP contribution in [0.3, 0.4) is 0 Å². The summed E-state index contributed by atoms with van der Waals surface area (Å²) >= 11 is 0. The highest BCUT2D eigenvalue weighted by Gasteiger charge is 2.19. The summed E-state index contributed by atoms with van der Waals surface area (Å²) in [5, 5.41) is 19.8. The number of aliphatic hydroxyl groups excluding tert-OH is 1. The standard InChI is InChI=1S/C28H36O4/c1-2-21(16-17-29)12-14-25(30)15-13-23-20-28(32-26-10-6-7-11-26)27(31)19-24(23)18-22-8-4-3-5-9-22/h3-5,8-9,12,14,19-21,26,29,31H,2,6-7,10-11,13,15-18H2,1H3. The van der Waals surface area contributed by atoms with Crippen molar-refractivity contribution in [2.75, 3.05) is 6.61 Å². The van der Waals surface area contributed by atoms with Crippen molar-refractivity contribution in [2.45, 2.75) is 70.8 Å². The minimum Gasteiger partial charge on any atom is -0.504 e. The van der Waals surface area contributed by atoms with E-state index in [1.165, 1.54) is 18.4 Å². The Morgan fingerprint density at radius 1 is 1.16 bits per heavy atom. The summed E-state index contributed by atoms with van der Waals surface area (Å²) in [6.45, 7) is 2.20. The molecule has 1 unspecified atom stereocenters. The molecule has 0 aromatic heterocycles. The van der Waals surface area contributed by atoms with E-state index < -0.39 is 0 Å². The monoisotopic (exact) mass is 436 g/mol. The highest BCUT2D eigenvalue weighted by molar-refractivity contribution is 5.89. The van der Waals surface area contributed by atoms with Crippen molar-refractivity contribution in [1.29, 1.82) is 0 Å². The fourth-order valence-corrected chi connectivity index (χ4v) is 4.33. The molecule has 1 fully saturated rings. The fourth-order valence-electron chi connectivity index (χ4n) is 4.33. The van der Waals surface area contributed by atoms with E-state index in [2.05, 4.69) is 19.1 Å². The third-order valence-corrected chi connectivity index (χ3v) is 6.33. The maximum absolute atomic E-state index is 12.5. The summed E-state index contributed by atoms with van der Waals surface area (Å²) < 4.78 is 6.11. The molecule has 4 heteroatoms. The minimum absolute atomic E-state index is 0.0818. The summed E-state index contributed by atoms with van der Waals surface area (Å²) in [5.74, 6) is 1.02. The predicted octanol–water partition coefficient (Wildman–Crippen LogP) is 5.77. The number of ether oxygens (including phenoxy) is 1. The van der Waals surface area contributed by atoms with Crippen LogP contribution in [-0.2, 0) is 17.6 Å². The number of benzene rings is 2. The Morgan fingerprint density at radius 3 is 2.59 bits per heavy atom. The molecule has 1 saturated carbocycles. The van der Waals surface area contributed by atoms with E-state index in [1.807, 2.05) is 30.3 Å². The van der Waals surface area contributed by atoms with Gasteiger partial charge in [-0.15, -0.1) is 0 Å². The summed E-state index contributed by atoms with van der Waals surface area (Å²) in [6, 6.07) is 13.9. The van der Waals surface area contributed by atoms with Crippen molar-refractivity contribution in [3.8, 4) is 11.5 Å². The Morgan fingerprint density at radius 2 is 1.91 bits per heavy atom. The molecule has 0 saturated heterocycles. The molecule has 4 nitrogen and oxygen atoms in total. The zero-order valence-electron chi connectivity index (χ0n) is 19.1. The van der Waals surface area contributed by atoms with Gasteiger partial charge < -0.3 is 14.9 Å². The SMILES string of the molecule is CCC(C=CC(=O)CCc1cc(OC2CCCC2)c(O)cc1Cc1ccccc1)CCO. The summed E-state index contributed by atoms with van der Waals surface area (Å²) in [4.78, 5) is 12.5. The van der Waals surface area contributed by atoms with E-state index in [9.17, 15) is 9.90 Å². The van der Waals surface area contributed by atoms with Gasteiger partial charge in [0, 0.05) is 13.0 Å². The lowest BCUT2D eigenvalue weighted by Crippen LogP contribution is -2.12. The van der Waals surface area contributed by atoms with Crippen LogP contribution in [-0.4, -0.2) is 28.7 Å². The van der Waals surface area contributed by atoms with Gasteiger partial charge in [-0.05, 0) is 92.2 Å². The average Bonchev–Trinajstić information content (AvgIpc) is 3.31. The van der Waals surface area contributed by atoms with E-state index in [0.717, 1.165) is 30.4 Å². The van der Waals surface area contributed by atoms with E-state index in [0.29, 0.717) is 31.4 Å². The lowest BCUT2D eigenvalue weighted by molar-refractivity contribution is -0.114. The maximum atomic E-state index is 12.5. The van der Waals surface area contributed by atoms with Crippen LogP contribution >= 0.6 is 0 Å². The number of phenolic OH excluding ortho intramolecular Hbond substituents is 1. The average molecular weight is 437 g/mol. The van der Waals surface area contributed by atoms with E-state index >= 15 is 0 Å². The number of ketones is 1. The molecule has 0 heterocycles. The van der Waals surface area contributed by atoms with Crippen LogP contribution in [0.2, 0.25) is 0 Å². The van der Waals surface area contributed by atoms with Gasteiger partial charge in [0.05, 0.1) is 6.10 Å². The Bertz CT molecular complexity index is 882. The van der Waals surface area contributed by atoms with Crippen molar-refractivity contribution in [3.05, 3.63) is 71.3 Å². The van der Waals surface area contributed by atoms with Crippen LogP contribution in [0.4, 0.5) is 0 Å². The third kappa shape index (κ3) is 7.23. The normalized spacial score (nSPS) is 15.3. The van der Waals surface area contributed by atoms with E-state index in [-0.39, 0.29) is 30.2 Å². The first-order valence-electron chi connectivity index (χ1n) is 12.0. The number of aliphatic hydroxyl groups is 1. The van der Waals surface area contributed by atoms with Gasteiger partial charge in [0.15, 0.2) is 17.3 Å². The zero-order valence-corrected chi connectivity index (χ0v) is 19.1. The number of carbonyl (C=O) groups is 1. The highest BCUT2D eigenvalue weighted by Crippen LogP contribution is 2.35. The first-order valence-corrected chi connectivity index (χ1v) is 12.0. The molecule has 1 aliphatic rings. The molecule has 0 amide bonds. The lowest BCUT2D eigenvalue weighted by atomic mass is 9.95. The van der Waals surface area contributed by atoms with E-state index in [4.69, 9.17) is 9.84 Å². The van der Waals surface area contributed by atoms with Crippen LogP contribution in [0.5, 0.6) is 11.5 Å². The molecular weight excluding hydrogens is 400 g/mol. The van der Waals surface area contributed by atoms with Gasteiger partial charge in [-0.25, -0.2) is 0 Å². The molecule has 1 aliphatic carbocycles. The molecule has 32 heavy (non-hydrogen) atoms. The Kier molecular flexibility index (Phi) is 9.36. The number of phenols is 1. The number of aromatic hydroxyl groups is 1. The van der Waals surface area contributed by atoms with Gasteiger partial charge in [-0.1, -0.05) is 43.3 Å². The number of carbonyl (C=O) groups excluding carboxylic acids is 1. The molecule has 2 aromatic carbocycles. The van der Waals surface area contributed by atoms with Gasteiger partial charge in [0.2, 0.25) is 0 Å². The smallest absolute Gasteiger partial charge is 0.161 e. The maximum Gasteiger partial charge on any atom is 0.161 e. The van der Waals surface area contributed by atoms with Crippen LogP contribution in [0, 0.1) is 5.92 Å². The number of hydrogen-bond acceptors (Lipinski definition) is 4. The molecular formula is C28H36O4. The molecule has 0 aliphatic heterocycles. The molecule has 172 valence electrons. The largest absolute Gasteiger partial charge is 0.504 e. The summed E-state index contributed by atoms with van der Waals surface area (Å²) in [6.07, 6.45) is 11.4. The number of hydrogen-bond donors (Lipinski definition) is 2. The highest BCUT2D eigenvalue weighted by atomic mass is 16.5. The zero-order chi connectivity index (χ0) is 22.8. The first-order chi connectivity index (χ1) is 15.6. The van der Waals surface area contributed by atoms with E-state index in [1.54, 1.807) is 12.1 Å². The number of aryl methyl sites for hydroxylation is 1. The summed E-state index contributed by atoms with van der Waals surface area (Å²) in [7, 11) is 0. The Balaban J connectivity index is 1.75. The fraction of sp³-hybridized carbons (Fsp3) is 0.464. The van der Waals surface area contributed by atoms with Crippen LogP contribution < -0.4 is 4.74 Å². The van der Waals surface area contributed by atoms with Gasteiger partial charge in [-0.3, -0.25) is 4.79 Å². The molecule has 2 aromatic rings. The number of rotatable bonds is 12. The molecule has 0 bridgehead atoms. The number of allylic oxidation sites excluding steroid dienone is 2. The van der Waals surface area contributed by atoms with Crippen LogP contribution in [0.1, 0.15) is 68.6 Å². The van der Waals surface area contributed by atoms with Crippen molar-refractivity contribution in [2.24, 2.45) is 5.92 Å². The van der Waals surface area contributed by atoms with Crippen LogP contribution in [0.25, 0.3) is 0 Å². The summed E-state index contributed by atoms with van der Waals surface area (Å²) in [5.41, 5.74) is 3.23. The molecule has 0 spiro atoms. The predicted molar refractivity (Wildman–Crippen MR) is 128 cm³/mol. The first kappa shape index (κ1) is 24.1. The van der Waals surface area contributed by atoms with Crippen LogP contribution in [0.15, 0.2) is 54.6 Å². The molecule has 0 radical (unpaired) electrons. The molecule has 1 atom stereocenters. The minimum atomic E-state index is 0.0818. The Hall–Kier alpha value is -2.59. The molecule has 3 rings (SSSR count). The molecule has 2 N–H and O–H groups in total. The van der Waals surface area contributed by atoms with Gasteiger partial charge in [0.25, 0.3) is 0 Å². The van der Waals surface area contributed by atoms with Crippen molar-refractivity contribution in [1.82, 2.24) is 0 Å². The van der Waals surface area contributed by atoms with Crippen molar-refractivity contribution >= 4 is 5.78 Å². The van der Waals surface area contributed by atoms with Crippen molar-refractivity contribution in [3.63, 3.8) is 0 Å². The topological polar surface area (TPSA) is 66.8 Å². The second kappa shape index (κ2) is 12.4. The van der Waals surface area contributed by atoms with Crippen molar-refractivity contribution < 1.29 is 19.7 Å². The quantitative estimate of drug-likeness (QED) is 0.415. The van der Waals surface area contributed by atoms with Gasteiger partial charge in [0.1, 0.15) is 0 Å². The van der Waals surface area contributed by atoms with Gasteiger partial charge in [-0.2, -0.15) is 0 Å². The lowest BCUT2D eigenvalue weighted by Gasteiger charge is -2.18.